The second-order valence-electron chi connectivity index (χ2n) is 5.71. The van der Waals surface area contributed by atoms with Crippen LogP contribution in [-0.2, 0) is 0 Å². The molecular weight excluding hydrogens is 348 g/mol. The first-order chi connectivity index (χ1) is 12.8. The molecule has 0 unspecified atom stereocenters. The van der Waals surface area contributed by atoms with E-state index in [1.54, 1.807) is 24.6 Å². The Morgan fingerprint density at radius 1 is 1.12 bits per heavy atom. The molecule has 26 heavy (non-hydrogen) atoms. The number of anilines is 2. The van der Waals surface area contributed by atoms with Crippen molar-refractivity contribution in [3.63, 3.8) is 0 Å². The molecule has 2 N–H and O–H groups in total. The smallest absolute Gasteiger partial charge is 0.253 e. The number of rotatable bonds is 4. The van der Waals surface area contributed by atoms with E-state index >= 15 is 0 Å². The number of nitrogens with one attached hydrogen (secondary N) is 2. The fourth-order valence-corrected chi connectivity index (χ4v) is 3.49. The minimum absolute atomic E-state index is 0.618. The van der Waals surface area contributed by atoms with Crippen LogP contribution in [0.4, 0.5) is 11.6 Å². The van der Waals surface area contributed by atoms with Crippen LogP contribution >= 0.6 is 11.3 Å². The minimum Gasteiger partial charge on any atom is -0.497 e. The van der Waals surface area contributed by atoms with Crippen LogP contribution < -0.4 is 10.1 Å². The fourth-order valence-electron chi connectivity index (χ4n) is 2.85. The lowest BCUT2D eigenvalue weighted by molar-refractivity contribution is 0.415. The molecule has 0 aliphatic rings. The lowest BCUT2D eigenvalue weighted by atomic mass is 10.2. The summed E-state index contributed by atoms with van der Waals surface area (Å²) < 4.78 is 7.04. The van der Waals surface area contributed by atoms with Crippen LogP contribution in [0.5, 0.6) is 5.75 Å². The second-order valence-corrected chi connectivity index (χ2v) is 6.61. The summed E-state index contributed by atoms with van der Waals surface area (Å²) in [5.41, 5.74) is 3.83. The standard InChI is InChI=1S/C18H14N6OS/c1-25-13-5-3-12(4-6-13)20-17-22-18-21-14-10-11(16-19-8-9-26-16)2-7-15(14)24(18)23-17/h2-10H,1H3,(H2,20,21,22,23). The maximum atomic E-state index is 5.17. The van der Waals surface area contributed by atoms with Gasteiger partial charge in [-0.15, -0.1) is 11.3 Å². The largest absolute Gasteiger partial charge is 0.497 e. The van der Waals surface area contributed by atoms with E-state index in [0.29, 0.717) is 11.7 Å². The van der Waals surface area contributed by atoms with Crippen LogP contribution in [-0.4, -0.2) is 31.7 Å². The van der Waals surface area contributed by atoms with Gasteiger partial charge in [0.1, 0.15) is 10.8 Å². The predicted molar refractivity (Wildman–Crippen MR) is 102 cm³/mol. The van der Waals surface area contributed by atoms with E-state index in [9.17, 15) is 0 Å². The van der Waals surface area contributed by atoms with Gasteiger partial charge in [0.05, 0.1) is 18.1 Å². The quantitative estimate of drug-likeness (QED) is 0.503. The molecule has 0 amide bonds. The first kappa shape index (κ1) is 14.9. The highest BCUT2D eigenvalue weighted by Crippen LogP contribution is 2.26. The second kappa shape index (κ2) is 5.85. The van der Waals surface area contributed by atoms with E-state index in [4.69, 9.17) is 4.74 Å². The van der Waals surface area contributed by atoms with Gasteiger partial charge in [-0.2, -0.15) is 4.98 Å². The number of imidazole rings is 1. The average molecular weight is 362 g/mol. The number of nitrogens with zero attached hydrogens (tertiary/aromatic N) is 4. The van der Waals surface area contributed by atoms with E-state index in [1.807, 2.05) is 52.4 Å². The lowest BCUT2D eigenvalue weighted by Crippen LogP contribution is -1.93. The maximum Gasteiger partial charge on any atom is 0.253 e. The Kier molecular flexibility index (Phi) is 3.36. The number of aromatic nitrogens is 5. The third kappa shape index (κ3) is 2.47. The van der Waals surface area contributed by atoms with Gasteiger partial charge in [0.2, 0.25) is 5.95 Å². The van der Waals surface area contributed by atoms with Crippen molar-refractivity contribution < 1.29 is 4.74 Å². The molecule has 8 heteroatoms. The zero-order valence-corrected chi connectivity index (χ0v) is 14.6. The predicted octanol–water partition coefficient (Wildman–Crippen LogP) is 4.09. The molecule has 0 saturated carbocycles. The van der Waals surface area contributed by atoms with E-state index in [1.165, 1.54) is 0 Å². The number of hydrogen-bond acceptors (Lipinski definition) is 6. The Bertz CT molecular complexity index is 1190. The summed E-state index contributed by atoms with van der Waals surface area (Å²) in [6.45, 7) is 0. The normalized spacial score (nSPS) is 11.3. The zero-order chi connectivity index (χ0) is 17.5. The van der Waals surface area contributed by atoms with E-state index in [0.717, 1.165) is 33.0 Å². The number of H-pyrrole nitrogens is 1. The fraction of sp³-hybridized carbons (Fsp3) is 0.0556. The molecule has 0 spiro atoms. The Hall–Kier alpha value is -3.39. The molecule has 0 atom stereocenters. The van der Waals surface area contributed by atoms with Gasteiger partial charge >= 0.3 is 0 Å². The number of aromatic amines is 1. The van der Waals surface area contributed by atoms with Gasteiger partial charge < -0.3 is 10.1 Å². The van der Waals surface area contributed by atoms with Crippen LogP contribution in [0.3, 0.4) is 0 Å². The monoisotopic (exact) mass is 362 g/mol. The molecule has 0 bridgehead atoms. The van der Waals surface area contributed by atoms with Gasteiger partial charge in [-0.3, -0.25) is 5.10 Å². The average Bonchev–Trinajstić information content (AvgIpc) is 3.38. The van der Waals surface area contributed by atoms with Crippen molar-refractivity contribution in [2.45, 2.75) is 0 Å². The summed E-state index contributed by atoms with van der Waals surface area (Å²) in [7, 11) is 1.65. The van der Waals surface area contributed by atoms with Crippen molar-refractivity contribution in [1.29, 1.82) is 0 Å². The minimum atomic E-state index is 0.618. The van der Waals surface area contributed by atoms with Crippen molar-refractivity contribution in [2.24, 2.45) is 0 Å². The lowest BCUT2D eigenvalue weighted by Gasteiger charge is -2.04. The van der Waals surface area contributed by atoms with Crippen LogP contribution in [0.25, 0.3) is 27.4 Å². The molecule has 0 aliphatic heterocycles. The van der Waals surface area contributed by atoms with Gasteiger partial charge in [0, 0.05) is 22.8 Å². The summed E-state index contributed by atoms with van der Waals surface area (Å²) in [5, 5.41) is 9.43. The van der Waals surface area contributed by atoms with Crippen LogP contribution in [0, 0.1) is 0 Å². The molecule has 3 aromatic heterocycles. The van der Waals surface area contributed by atoms with E-state index in [-0.39, 0.29) is 0 Å². The summed E-state index contributed by atoms with van der Waals surface area (Å²) in [6, 6.07) is 13.8. The van der Waals surface area contributed by atoms with E-state index in [2.05, 4.69) is 25.4 Å². The Morgan fingerprint density at radius 3 is 2.77 bits per heavy atom. The van der Waals surface area contributed by atoms with Crippen LogP contribution in [0.1, 0.15) is 0 Å². The van der Waals surface area contributed by atoms with E-state index < -0.39 is 0 Å². The van der Waals surface area contributed by atoms with Gasteiger partial charge in [0.25, 0.3) is 5.78 Å². The third-order valence-electron chi connectivity index (χ3n) is 4.10. The number of fused-ring (bicyclic) bond motifs is 3. The van der Waals surface area contributed by atoms with Crippen molar-refractivity contribution in [3.8, 4) is 16.3 Å². The molecule has 5 rings (SSSR count). The van der Waals surface area contributed by atoms with Gasteiger partial charge in [-0.25, -0.2) is 14.5 Å². The first-order valence-corrected chi connectivity index (χ1v) is 8.87. The molecule has 0 radical (unpaired) electrons. The molecule has 0 fully saturated rings. The number of thiazole rings is 1. The van der Waals surface area contributed by atoms with Crippen molar-refractivity contribution in [2.75, 3.05) is 12.4 Å². The van der Waals surface area contributed by atoms with Gasteiger partial charge in [0.15, 0.2) is 0 Å². The van der Waals surface area contributed by atoms with Crippen LogP contribution in [0.2, 0.25) is 0 Å². The highest BCUT2D eigenvalue weighted by atomic mass is 32.1. The number of hydrogen-bond donors (Lipinski definition) is 2. The molecular formula is C18H14N6OS. The summed E-state index contributed by atoms with van der Waals surface area (Å²) in [4.78, 5) is 13.5. The summed E-state index contributed by atoms with van der Waals surface area (Å²) >= 11 is 1.61. The molecule has 0 saturated heterocycles. The summed E-state index contributed by atoms with van der Waals surface area (Å²) in [6.07, 6.45) is 1.81. The number of methoxy groups -OCH3 is 1. The van der Waals surface area contributed by atoms with Crippen molar-refractivity contribution >= 4 is 39.8 Å². The van der Waals surface area contributed by atoms with Gasteiger partial charge in [-0.1, -0.05) is 0 Å². The molecule has 7 nitrogen and oxygen atoms in total. The zero-order valence-electron chi connectivity index (χ0n) is 13.8. The highest BCUT2D eigenvalue weighted by molar-refractivity contribution is 7.13. The van der Waals surface area contributed by atoms with Crippen molar-refractivity contribution in [1.82, 2.24) is 24.6 Å². The topological polar surface area (TPSA) is 80.1 Å². The summed E-state index contributed by atoms with van der Waals surface area (Å²) in [5.74, 6) is 2.06. The SMILES string of the molecule is COc1ccc(Nc2nc3nc4cc(-c5nccs5)ccc4n3[nH]2)cc1. The highest BCUT2D eigenvalue weighted by Gasteiger charge is 2.11. The van der Waals surface area contributed by atoms with Crippen molar-refractivity contribution in [3.05, 3.63) is 54.0 Å². The Morgan fingerprint density at radius 2 is 2.00 bits per heavy atom. The molecule has 5 aromatic rings. The Labute approximate surface area is 152 Å². The van der Waals surface area contributed by atoms with Crippen LogP contribution in [0.15, 0.2) is 54.0 Å². The molecule has 3 heterocycles. The molecule has 0 aliphatic carbocycles. The number of benzene rings is 2. The molecule has 2 aromatic carbocycles. The molecule has 128 valence electrons. The Balaban J connectivity index is 1.49. The van der Waals surface area contributed by atoms with Gasteiger partial charge in [-0.05, 0) is 42.5 Å². The maximum absolute atomic E-state index is 5.17. The third-order valence-corrected chi connectivity index (χ3v) is 4.92. The number of ether oxygens (including phenoxy) is 1. The first-order valence-electron chi connectivity index (χ1n) is 7.99.